The lowest BCUT2D eigenvalue weighted by atomic mass is 10.0. The number of hydrogen-bond donors (Lipinski definition) is 0. The van der Waals surface area contributed by atoms with E-state index >= 15 is 0 Å². The monoisotopic (exact) mass is 240 g/mol. The lowest BCUT2D eigenvalue weighted by Gasteiger charge is -2.28. The average Bonchev–Trinajstić information content (AvgIpc) is 2.28. The number of nitriles is 1. The van der Waals surface area contributed by atoms with Gasteiger partial charge in [-0.1, -0.05) is 20.4 Å². The Labute approximate surface area is 103 Å². The Morgan fingerprint density at radius 3 is 2.65 bits per heavy atom. The molecule has 0 fully saturated rings. The Morgan fingerprint density at radius 1 is 1.59 bits per heavy atom. The van der Waals surface area contributed by atoms with Gasteiger partial charge in [0, 0.05) is 0 Å². The quantitative estimate of drug-likeness (QED) is 0.505. The predicted octanol–water partition coefficient (Wildman–Crippen LogP) is 2.15. The minimum atomic E-state index is -0.512. The fourth-order valence-corrected chi connectivity index (χ4v) is 1.36. The summed E-state index contributed by atoms with van der Waals surface area (Å²) < 4.78 is 9.89. The molecule has 0 unspecified atom stereocenters. The van der Waals surface area contributed by atoms with Crippen molar-refractivity contribution in [1.82, 2.24) is 4.90 Å². The zero-order valence-electron chi connectivity index (χ0n) is 10.7. The van der Waals surface area contributed by atoms with Gasteiger partial charge in [0.2, 0.25) is 0 Å². The molecule has 0 saturated heterocycles. The molecule has 5 heteroatoms. The molecule has 0 N–H and O–H groups in total. The molecule has 96 valence electrons. The lowest BCUT2D eigenvalue weighted by Crippen LogP contribution is -2.44. The first kappa shape index (κ1) is 15.3. The first-order chi connectivity index (χ1) is 8.08. The number of carbonyl (C=O) groups excluding carboxylic acids is 1. The Bertz CT molecular complexity index is 284. The highest BCUT2D eigenvalue weighted by atomic mass is 16.6. The summed E-state index contributed by atoms with van der Waals surface area (Å²) in [5.41, 5.74) is 0. The molecule has 0 aromatic rings. The van der Waals surface area contributed by atoms with Gasteiger partial charge in [-0.25, -0.2) is 4.79 Å². The highest BCUT2D eigenvalue weighted by molar-refractivity contribution is 5.68. The van der Waals surface area contributed by atoms with Crippen LogP contribution in [0.1, 0.15) is 20.8 Å². The normalized spacial score (nSPS) is 11.5. The van der Waals surface area contributed by atoms with Gasteiger partial charge in [0.15, 0.2) is 0 Å². The van der Waals surface area contributed by atoms with Gasteiger partial charge < -0.3 is 9.47 Å². The zero-order chi connectivity index (χ0) is 13.3. The maximum atomic E-state index is 11.7. The SMILES string of the molecule is C=COCCN(C(=O)OCC)[C@H](C#N)C(C)C. The number of carbonyl (C=O) groups is 1. The standard InChI is InChI=1S/C12H20N2O3/c1-5-16-8-7-14(12(15)17-6-2)11(9-13)10(3)4/h5,10-11H,1,6-8H2,2-4H3/t11-/m1/s1. The first-order valence-corrected chi connectivity index (χ1v) is 5.64. The summed E-state index contributed by atoms with van der Waals surface area (Å²) in [5.74, 6) is 0.0353. The van der Waals surface area contributed by atoms with E-state index in [-0.39, 0.29) is 12.5 Å². The third-order valence-electron chi connectivity index (χ3n) is 2.17. The number of nitrogens with zero attached hydrogens (tertiary/aromatic N) is 2. The van der Waals surface area contributed by atoms with Gasteiger partial charge in [0.1, 0.15) is 12.6 Å². The van der Waals surface area contributed by atoms with Crippen LogP contribution in [0.3, 0.4) is 0 Å². The van der Waals surface area contributed by atoms with E-state index in [2.05, 4.69) is 12.6 Å². The van der Waals surface area contributed by atoms with Crippen LogP contribution in [0.4, 0.5) is 4.79 Å². The van der Waals surface area contributed by atoms with E-state index in [1.165, 1.54) is 11.2 Å². The van der Waals surface area contributed by atoms with Crippen LogP contribution in [0.25, 0.3) is 0 Å². The molecule has 0 spiro atoms. The molecule has 0 aromatic heterocycles. The highest BCUT2D eigenvalue weighted by Crippen LogP contribution is 2.11. The summed E-state index contributed by atoms with van der Waals surface area (Å²) in [6.45, 7) is 9.80. The van der Waals surface area contributed by atoms with Crippen LogP contribution < -0.4 is 0 Å². The van der Waals surface area contributed by atoms with E-state index in [1.54, 1.807) is 6.92 Å². The van der Waals surface area contributed by atoms with Crippen molar-refractivity contribution in [2.75, 3.05) is 19.8 Å². The smallest absolute Gasteiger partial charge is 0.410 e. The number of amides is 1. The fourth-order valence-electron chi connectivity index (χ4n) is 1.36. The van der Waals surface area contributed by atoms with E-state index in [0.29, 0.717) is 13.2 Å². The molecule has 5 nitrogen and oxygen atoms in total. The van der Waals surface area contributed by atoms with Crippen molar-refractivity contribution in [3.63, 3.8) is 0 Å². The molecule has 1 amide bonds. The van der Waals surface area contributed by atoms with Crippen LogP contribution in [0, 0.1) is 17.2 Å². The molecule has 0 heterocycles. The lowest BCUT2D eigenvalue weighted by molar-refractivity contribution is 0.0794. The number of ether oxygens (including phenoxy) is 2. The third kappa shape index (κ3) is 5.25. The maximum absolute atomic E-state index is 11.7. The van der Waals surface area contributed by atoms with E-state index in [4.69, 9.17) is 14.7 Å². The number of rotatable bonds is 7. The first-order valence-electron chi connectivity index (χ1n) is 5.64. The van der Waals surface area contributed by atoms with Crippen molar-refractivity contribution < 1.29 is 14.3 Å². The third-order valence-corrected chi connectivity index (χ3v) is 2.17. The van der Waals surface area contributed by atoms with Crippen LogP contribution in [0.5, 0.6) is 0 Å². The minimum absolute atomic E-state index is 0.0353. The molecule has 0 saturated carbocycles. The maximum Gasteiger partial charge on any atom is 0.410 e. The summed E-state index contributed by atoms with van der Waals surface area (Å²) in [6.07, 6.45) is 0.820. The van der Waals surface area contributed by atoms with Crippen molar-refractivity contribution in [3.8, 4) is 6.07 Å². The second-order valence-corrected chi connectivity index (χ2v) is 3.75. The van der Waals surface area contributed by atoms with Gasteiger partial charge in [0.25, 0.3) is 0 Å². The molecule has 17 heavy (non-hydrogen) atoms. The predicted molar refractivity (Wildman–Crippen MR) is 64.1 cm³/mol. The van der Waals surface area contributed by atoms with Gasteiger partial charge in [-0.2, -0.15) is 5.26 Å². The molecule has 0 aliphatic heterocycles. The largest absolute Gasteiger partial charge is 0.500 e. The van der Waals surface area contributed by atoms with E-state index in [0.717, 1.165) is 0 Å². The molecule has 0 rings (SSSR count). The summed E-state index contributed by atoms with van der Waals surface area (Å²) in [7, 11) is 0. The molecular weight excluding hydrogens is 220 g/mol. The summed E-state index contributed by atoms with van der Waals surface area (Å²) in [4.78, 5) is 13.1. The molecule has 1 atom stereocenters. The van der Waals surface area contributed by atoms with Gasteiger partial charge in [0.05, 0.1) is 25.5 Å². The molecule has 0 bridgehead atoms. The Balaban J connectivity index is 4.64. The second-order valence-electron chi connectivity index (χ2n) is 3.75. The Kier molecular flexibility index (Phi) is 7.61. The van der Waals surface area contributed by atoms with Crippen LogP contribution in [0.15, 0.2) is 12.8 Å². The average molecular weight is 240 g/mol. The van der Waals surface area contributed by atoms with Gasteiger partial charge in [-0.05, 0) is 12.8 Å². The van der Waals surface area contributed by atoms with Crippen molar-refractivity contribution >= 4 is 6.09 Å². The zero-order valence-corrected chi connectivity index (χ0v) is 10.7. The Morgan fingerprint density at radius 2 is 2.24 bits per heavy atom. The van der Waals surface area contributed by atoms with Crippen molar-refractivity contribution in [3.05, 3.63) is 12.8 Å². The van der Waals surface area contributed by atoms with Crippen LogP contribution in [-0.2, 0) is 9.47 Å². The second kappa shape index (κ2) is 8.45. The van der Waals surface area contributed by atoms with Gasteiger partial charge in [-0.3, -0.25) is 4.90 Å². The van der Waals surface area contributed by atoms with Crippen molar-refractivity contribution in [2.24, 2.45) is 5.92 Å². The molecule has 0 radical (unpaired) electrons. The van der Waals surface area contributed by atoms with Crippen molar-refractivity contribution in [2.45, 2.75) is 26.8 Å². The minimum Gasteiger partial charge on any atom is -0.500 e. The van der Waals surface area contributed by atoms with Crippen molar-refractivity contribution in [1.29, 1.82) is 5.26 Å². The molecule has 0 aliphatic carbocycles. The number of hydrogen-bond acceptors (Lipinski definition) is 4. The highest BCUT2D eigenvalue weighted by Gasteiger charge is 2.26. The molecule has 0 aromatic carbocycles. The molecule has 0 aliphatic rings. The Hall–Kier alpha value is -1.70. The van der Waals surface area contributed by atoms with Gasteiger partial charge >= 0.3 is 6.09 Å². The van der Waals surface area contributed by atoms with E-state index < -0.39 is 12.1 Å². The summed E-state index contributed by atoms with van der Waals surface area (Å²) in [5, 5.41) is 9.08. The summed E-state index contributed by atoms with van der Waals surface area (Å²) >= 11 is 0. The van der Waals surface area contributed by atoms with Crippen LogP contribution >= 0.6 is 0 Å². The van der Waals surface area contributed by atoms with E-state index in [1.807, 2.05) is 13.8 Å². The summed E-state index contributed by atoms with van der Waals surface area (Å²) in [6, 6.07) is 1.60. The van der Waals surface area contributed by atoms with Gasteiger partial charge in [-0.15, -0.1) is 0 Å². The van der Waals surface area contributed by atoms with E-state index in [9.17, 15) is 4.79 Å². The van der Waals surface area contributed by atoms with Crippen LogP contribution in [0.2, 0.25) is 0 Å². The topological polar surface area (TPSA) is 62.6 Å². The fraction of sp³-hybridized carbons (Fsp3) is 0.667. The van der Waals surface area contributed by atoms with Crippen LogP contribution in [-0.4, -0.2) is 36.8 Å². The molecular formula is C12H20N2O3.